The quantitative estimate of drug-likeness (QED) is 0.304. The molecule has 0 saturated heterocycles. The number of benzene rings is 3. The van der Waals surface area contributed by atoms with E-state index in [-0.39, 0.29) is 6.61 Å². The van der Waals surface area contributed by atoms with Crippen molar-refractivity contribution in [2.24, 2.45) is 0 Å². The van der Waals surface area contributed by atoms with E-state index in [1.165, 1.54) is 10.9 Å². The van der Waals surface area contributed by atoms with E-state index in [2.05, 4.69) is 10.4 Å². The van der Waals surface area contributed by atoms with E-state index in [1.54, 1.807) is 0 Å². The van der Waals surface area contributed by atoms with Crippen LogP contribution < -0.4 is 5.32 Å². The summed E-state index contributed by atoms with van der Waals surface area (Å²) in [7, 11) is 0. The van der Waals surface area contributed by atoms with Crippen molar-refractivity contribution in [1.82, 2.24) is 9.78 Å². The number of aromatic nitrogens is 2. The monoisotopic (exact) mass is 501 g/mol. The number of nitrogens with zero attached hydrogens (tertiary/aromatic N) is 2. The van der Waals surface area contributed by atoms with Gasteiger partial charge in [0.15, 0.2) is 5.82 Å². The third-order valence-corrected chi connectivity index (χ3v) is 6.73. The average Bonchev–Trinajstić information content (AvgIpc) is 3.64. The average molecular weight is 502 g/mol. The van der Waals surface area contributed by atoms with Crippen LogP contribution in [0.2, 0.25) is 5.02 Å². The molecule has 1 aliphatic carbocycles. The van der Waals surface area contributed by atoms with E-state index >= 15 is 0 Å². The molecule has 4 aromatic rings. The van der Waals surface area contributed by atoms with E-state index in [0.29, 0.717) is 35.8 Å². The number of aliphatic carboxylic acids is 1. The highest BCUT2D eigenvalue weighted by Gasteiger charge is 2.51. The van der Waals surface area contributed by atoms with Crippen molar-refractivity contribution in [3.05, 3.63) is 101 Å². The SMILES string of the molecule is O=C(Nc1c(Cl)cnn1-c1ccc(-c2ccc(C3(C(=O)O)CC3)cc2)cc1)OCCc1ccccc1. The Bertz CT molecular complexity index is 1380. The molecule has 36 heavy (non-hydrogen) atoms. The smallest absolute Gasteiger partial charge is 0.412 e. The van der Waals surface area contributed by atoms with E-state index < -0.39 is 17.5 Å². The number of carboxylic acids is 1. The van der Waals surface area contributed by atoms with Gasteiger partial charge in [-0.15, -0.1) is 0 Å². The van der Waals surface area contributed by atoms with Crippen LogP contribution in [-0.2, 0) is 21.4 Å². The van der Waals surface area contributed by atoms with Crippen molar-refractivity contribution in [2.45, 2.75) is 24.7 Å². The van der Waals surface area contributed by atoms with Gasteiger partial charge in [0.25, 0.3) is 0 Å². The normalized spacial score (nSPS) is 13.7. The second-order valence-corrected chi connectivity index (χ2v) is 9.17. The molecular formula is C28H24ClN3O4. The maximum atomic E-state index is 12.4. The van der Waals surface area contributed by atoms with E-state index in [9.17, 15) is 14.7 Å². The van der Waals surface area contributed by atoms with Crippen LogP contribution >= 0.6 is 11.6 Å². The van der Waals surface area contributed by atoms with Crippen LogP contribution in [0.4, 0.5) is 10.6 Å². The first-order valence-electron chi connectivity index (χ1n) is 11.6. The van der Waals surface area contributed by atoms with Gasteiger partial charge in [0.05, 0.1) is 23.9 Å². The third kappa shape index (κ3) is 4.83. The molecular weight excluding hydrogens is 478 g/mol. The molecule has 182 valence electrons. The molecule has 0 atom stereocenters. The van der Waals surface area contributed by atoms with E-state index in [1.807, 2.05) is 78.9 Å². The zero-order chi connectivity index (χ0) is 25.1. The summed E-state index contributed by atoms with van der Waals surface area (Å²) in [5.41, 5.74) is 3.87. The van der Waals surface area contributed by atoms with Crippen molar-refractivity contribution in [1.29, 1.82) is 0 Å². The molecule has 2 N–H and O–H groups in total. The lowest BCUT2D eigenvalue weighted by atomic mass is 9.94. The zero-order valence-corrected chi connectivity index (χ0v) is 20.1. The van der Waals surface area contributed by atoms with Gasteiger partial charge in [-0.1, -0.05) is 78.3 Å². The Hall–Kier alpha value is -4.10. The van der Waals surface area contributed by atoms with Gasteiger partial charge in [0, 0.05) is 6.42 Å². The van der Waals surface area contributed by atoms with Gasteiger partial charge >= 0.3 is 12.1 Å². The van der Waals surface area contributed by atoms with Crippen molar-refractivity contribution in [3.8, 4) is 16.8 Å². The summed E-state index contributed by atoms with van der Waals surface area (Å²) in [6.07, 6.45) is 2.82. The summed E-state index contributed by atoms with van der Waals surface area (Å²) < 4.78 is 6.85. The summed E-state index contributed by atoms with van der Waals surface area (Å²) in [5, 5.41) is 16.8. The summed E-state index contributed by atoms with van der Waals surface area (Å²) in [6.45, 7) is 0.239. The highest BCUT2D eigenvalue weighted by molar-refractivity contribution is 6.33. The van der Waals surface area contributed by atoms with Crippen LogP contribution in [0.25, 0.3) is 16.8 Å². The topological polar surface area (TPSA) is 93.5 Å². The first-order chi connectivity index (χ1) is 17.5. The van der Waals surface area contributed by atoms with Gasteiger partial charge in [-0.25, -0.2) is 9.48 Å². The Labute approximate surface area is 213 Å². The molecule has 0 aliphatic heterocycles. The first kappa shape index (κ1) is 23.6. The summed E-state index contributed by atoms with van der Waals surface area (Å²) in [6, 6.07) is 25.1. The molecule has 1 saturated carbocycles. The number of ether oxygens (including phenoxy) is 1. The molecule has 3 aromatic carbocycles. The summed E-state index contributed by atoms with van der Waals surface area (Å²) in [5.74, 6) is -0.441. The largest absolute Gasteiger partial charge is 0.481 e. The first-order valence-corrected chi connectivity index (χ1v) is 12.0. The van der Waals surface area contributed by atoms with E-state index in [4.69, 9.17) is 16.3 Å². The number of rotatable bonds is 8. The second kappa shape index (κ2) is 9.87. The minimum atomic E-state index is -0.762. The van der Waals surface area contributed by atoms with Crippen molar-refractivity contribution < 1.29 is 19.4 Å². The van der Waals surface area contributed by atoms with Gasteiger partial charge in [-0.3, -0.25) is 10.1 Å². The fourth-order valence-electron chi connectivity index (χ4n) is 4.20. The number of carboxylic acid groups (broad SMARTS) is 1. The van der Waals surface area contributed by atoms with Crippen LogP contribution in [-0.4, -0.2) is 33.6 Å². The highest BCUT2D eigenvalue weighted by Crippen LogP contribution is 2.48. The number of amides is 1. The predicted octanol–water partition coefficient (Wildman–Crippen LogP) is 6.10. The number of anilines is 1. The second-order valence-electron chi connectivity index (χ2n) is 8.76. The van der Waals surface area contributed by atoms with Crippen LogP contribution in [0.3, 0.4) is 0 Å². The molecule has 8 heteroatoms. The number of hydrogen-bond acceptors (Lipinski definition) is 4. The number of halogens is 1. The summed E-state index contributed by atoms with van der Waals surface area (Å²) in [4.78, 5) is 23.9. The minimum Gasteiger partial charge on any atom is -0.481 e. The molecule has 1 heterocycles. The Kier molecular flexibility index (Phi) is 6.48. The predicted molar refractivity (Wildman–Crippen MR) is 138 cm³/mol. The third-order valence-electron chi connectivity index (χ3n) is 6.45. The molecule has 0 unspecified atom stereocenters. The Morgan fingerprint density at radius 1 is 0.972 bits per heavy atom. The van der Waals surface area contributed by atoms with Crippen LogP contribution in [0.15, 0.2) is 85.1 Å². The summed E-state index contributed by atoms with van der Waals surface area (Å²) >= 11 is 6.28. The minimum absolute atomic E-state index is 0.239. The van der Waals surface area contributed by atoms with Gasteiger partial charge in [-0.2, -0.15) is 5.10 Å². The van der Waals surface area contributed by atoms with Crippen LogP contribution in [0, 0.1) is 0 Å². The van der Waals surface area contributed by atoms with Gasteiger partial charge in [0.1, 0.15) is 5.02 Å². The Balaban J connectivity index is 1.25. The molecule has 1 aliphatic rings. The van der Waals surface area contributed by atoms with Crippen molar-refractivity contribution in [3.63, 3.8) is 0 Å². The maximum Gasteiger partial charge on any atom is 0.412 e. The molecule has 0 spiro atoms. The van der Waals surface area contributed by atoms with Crippen molar-refractivity contribution in [2.75, 3.05) is 11.9 Å². The number of nitrogens with one attached hydrogen (secondary N) is 1. The lowest BCUT2D eigenvalue weighted by molar-refractivity contribution is -0.140. The maximum absolute atomic E-state index is 12.4. The fourth-order valence-corrected chi connectivity index (χ4v) is 4.37. The number of carbonyl (C=O) groups is 2. The molecule has 1 aromatic heterocycles. The molecule has 0 bridgehead atoms. The standard InChI is InChI=1S/C28H24ClN3O4/c29-24-18-30-32(25(24)31-27(35)36-17-14-19-4-2-1-3-5-19)23-12-8-21(9-13-23)20-6-10-22(11-7-20)28(15-16-28)26(33)34/h1-13,18H,14-17H2,(H,31,35)(H,33,34). The van der Waals surface area contributed by atoms with Crippen LogP contribution in [0.5, 0.6) is 0 Å². The number of carbonyl (C=O) groups excluding carboxylic acids is 1. The Morgan fingerprint density at radius 2 is 1.61 bits per heavy atom. The van der Waals surface area contributed by atoms with Gasteiger partial charge in [-0.05, 0) is 47.2 Å². The van der Waals surface area contributed by atoms with Gasteiger partial charge in [0.2, 0.25) is 0 Å². The lowest BCUT2D eigenvalue weighted by Gasteiger charge is -2.12. The molecule has 1 fully saturated rings. The molecule has 7 nitrogen and oxygen atoms in total. The molecule has 0 radical (unpaired) electrons. The highest BCUT2D eigenvalue weighted by atomic mass is 35.5. The zero-order valence-electron chi connectivity index (χ0n) is 19.4. The van der Waals surface area contributed by atoms with Crippen molar-refractivity contribution >= 4 is 29.5 Å². The molecule has 1 amide bonds. The lowest BCUT2D eigenvalue weighted by Crippen LogP contribution is -2.19. The number of hydrogen-bond donors (Lipinski definition) is 2. The molecule has 5 rings (SSSR count). The van der Waals surface area contributed by atoms with E-state index in [0.717, 1.165) is 22.3 Å². The van der Waals surface area contributed by atoms with Gasteiger partial charge < -0.3 is 9.84 Å². The Morgan fingerprint density at radius 3 is 2.22 bits per heavy atom. The fraction of sp³-hybridized carbons (Fsp3) is 0.179. The van der Waals surface area contributed by atoms with Crippen LogP contribution in [0.1, 0.15) is 24.0 Å².